The molecule has 1 aromatic carbocycles. The van der Waals surface area contributed by atoms with Crippen molar-refractivity contribution in [2.75, 3.05) is 23.7 Å². The van der Waals surface area contributed by atoms with Gasteiger partial charge in [-0.2, -0.15) is 0 Å². The summed E-state index contributed by atoms with van der Waals surface area (Å²) in [6.45, 7) is 2.12. The molecule has 1 aromatic heterocycles. The van der Waals surface area contributed by atoms with Crippen LogP contribution >= 0.6 is 23.7 Å². The fourth-order valence-corrected chi connectivity index (χ4v) is 3.59. The number of amides is 2. The molecule has 0 unspecified atom stereocenters. The Morgan fingerprint density at radius 1 is 1.04 bits per heavy atom. The molecule has 1 aliphatic heterocycles. The zero-order chi connectivity index (χ0) is 17.5. The second-order valence-electron chi connectivity index (χ2n) is 6.29. The molecule has 0 bridgehead atoms. The Labute approximate surface area is 164 Å². The average molecular weight is 394 g/mol. The molecule has 0 atom stereocenters. The minimum atomic E-state index is -0.117. The predicted octanol–water partition coefficient (Wildman–Crippen LogP) is 4.14. The minimum Gasteiger partial charge on any atom is -0.326 e. The molecule has 2 aromatic rings. The third-order valence-corrected chi connectivity index (χ3v) is 5.28. The highest BCUT2D eigenvalue weighted by molar-refractivity contribution is 7.12. The first-order valence-electron chi connectivity index (χ1n) is 8.66. The smallest absolute Gasteiger partial charge is 0.265 e. The van der Waals surface area contributed by atoms with Crippen LogP contribution in [0.5, 0.6) is 0 Å². The Morgan fingerprint density at radius 2 is 1.69 bits per heavy atom. The van der Waals surface area contributed by atoms with Gasteiger partial charge in [0, 0.05) is 17.8 Å². The third kappa shape index (κ3) is 6.12. The quantitative estimate of drug-likeness (QED) is 0.690. The molecule has 3 N–H and O–H groups in total. The van der Waals surface area contributed by atoms with E-state index in [4.69, 9.17) is 0 Å². The van der Waals surface area contributed by atoms with Crippen LogP contribution in [0.15, 0.2) is 41.8 Å². The largest absolute Gasteiger partial charge is 0.326 e. The third-order valence-electron chi connectivity index (χ3n) is 4.41. The van der Waals surface area contributed by atoms with E-state index in [2.05, 4.69) is 16.0 Å². The maximum absolute atomic E-state index is 12.1. The van der Waals surface area contributed by atoms with Crippen LogP contribution in [-0.2, 0) is 4.79 Å². The number of anilines is 2. The summed E-state index contributed by atoms with van der Waals surface area (Å²) in [7, 11) is 0. The van der Waals surface area contributed by atoms with E-state index >= 15 is 0 Å². The summed E-state index contributed by atoms with van der Waals surface area (Å²) in [6.07, 6.45) is 3.82. The first kappa shape index (κ1) is 20.4. The van der Waals surface area contributed by atoms with Gasteiger partial charge in [0.15, 0.2) is 0 Å². The van der Waals surface area contributed by atoms with Crippen molar-refractivity contribution in [3.63, 3.8) is 0 Å². The highest BCUT2D eigenvalue weighted by atomic mass is 35.5. The van der Waals surface area contributed by atoms with Crippen LogP contribution in [0.3, 0.4) is 0 Å². The maximum Gasteiger partial charge on any atom is 0.265 e. The van der Waals surface area contributed by atoms with Crippen molar-refractivity contribution in [1.82, 2.24) is 5.32 Å². The number of hydrogen-bond donors (Lipinski definition) is 3. The normalized spacial score (nSPS) is 14.3. The maximum atomic E-state index is 12.1. The van der Waals surface area contributed by atoms with E-state index in [-0.39, 0.29) is 24.2 Å². The predicted molar refractivity (Wildman–Crippen MR) is 109 cm³/mol. The van der Waals surface area contributed by atoms with Gasteiger partial charge in [0.25, 0.3) is 5.91 Å². The van der Waals surface area contributed by atoms with Gasteiger partial charge in [-0.25, -0.2) is 0 Å². The Hall–Kier alpha value is -1.89. The number of carbonyl (C=O) groups excluding carboxylic acids is 2. The van der Waals surface area contributed by atoms with Crippen LogP contribution < -0.4 is 16.0 Å². The minimum absolute atomic E-state index is 0. The highest BCUT2D eigenvalue weighted by Gasteiger charge is 2.14. The average Bonchev–Trinajstić information content (AvgIpc) is 3.17. The zero-order valence-electron chi connectivity index (χ0n) is 14.5. The SMILES string of the molecule is Cl.O=C(CCC1CCNCC1)Nc1ccc(NC(=O)c2cccs2)cc1. The number of rotatable bonds is 6. The first-order chi connectivity index (χ1) is 12.2. The molecule has 0 spiro atoms. The van der Waals surface area contributed by atoms with E-state index in [0.717, 1.165) is 38.0 Å². The molecule has 0 aliphatic carbocycles. The summed E-state index contributed by atoms with van der Waals surface area (Å²) >= 11 is 1.41. The van der Waals surface area contributed by atoms with E-state index in [9.17, 15) is 9.59 Å². The molecule has 3 rings (SSSR count). The molecule has 2 heterocycles. The molecule has 1 saturated heterocycles. The number of piperidine rings is 1. The Balaban J connectivity index is 0.00000243. The van der Waals surface area contributed by atoms with Gasteiger partial charge in [-0.05, 0) is 74.0 Å². The summed E-state index contributed by atoms with van der Waals surface area (Å²) in [5.41, 5.74) is 1.47. The molecule has 0 saturated carbocycles. The molecule has 7 heteroatoms. The van der Waals surface area contributed by atoms with E-state index in [0.29, 0.717) is 22.9 Å². The van der Waals surface area contributed by atoms with Crippen molar-refractivity contribution in [3.05, 3.63) is 46.7 Å². The van der Waals surface area contributed by atoms with E-state index in [1.807, 2.05) is 23.6 Å². The number of hydrogen-bond acceptors (Lipinski definition) is 4. The lowest BCUT2D eigenvalue weighted by atomic mass is 9.93. The van der Waals surface area contributed by atoms with Gasteiger partial charge in [-0.1, -0.05) is 6.07 Å². The van der Waals surface area contributed by atoms with Crippen molar-refractivity contribution in [2.24, 2.45) is 5.92 Å². The van der Waals surface area contributed by atoms with Crippen LogP contribution in [0, 0.1) is 5.92 Å². The number of benzene rings is 1. The van der Waals surface area contributed by atoms with Gasteiger partial charge in [0.1, 0.15) is 0 Å². The zero-order valence-corrected chi connectivity index (χ0v) is 16.1. The van der Waals surface area contributed by atoms with E-state index < -0.39 is 0 Å². The Kier molecular flexibility index (Phi) is 8.09. The lowest BCUT2D eigenvalue weighted by Crippen LogP contribution is -2.28. The number of nitrogens with one attached hydrogen (secondary N) is 3. The molecular formula is C19H24ClN3O2S. The summed E-state index contributed by atoms with van der Waals surface area (Å²) in [6, 6.07) is 10.9. The molecule has 0 radical (unpaired) electrons. The summed E-state index contributed by atoms with van der Waals surface area (Å²) in [5.74, 6) is 0.588. The number of carbonyl (C=O) groups is 2. The van der Waals surface area contributed by atoms with Crippen molar-refractivity contribution < 1.29 is 9.59 Å². The second-order valence-corrected chi connectivity index (χ2v) is 7.24. The fourth-order valence-electron chi connectivity index (χ4n) is 2.97. The summed E-state index contributed by atoms with van der Waals surface area (Å²) in [5, 5.41) is 11.0. The highest BCUT2D eigenvalue weighted by Crippen LogP contribution is 2.19. The lowest BCUT2D eigenvalue weighted by molar-refractivity contribution is -0.116. The molecule has 5 nitrogen and oxygen atoms in total. The molecular weight excluding hydrogens is 370 g/mol. The fraction of sp³-hybridized carbons (Fsp3) is 0.368. The van der Waals surface area contributed by atoms with Gasteiger partial charge in [0.2, 0.25) is 5.91 Å². The summed E-state index contributed by atoms with van der Waals surface area (Å²) in [4.78, 5) is 24.8. The van der Waals surface area contributed by atoms with Gasteiger partial charge < -0.3 is 16.0 Å². The lowest BCUT2D eigenvalue weighted by Gasteiger charge is -2.22. The van der Waals surface area contributed by atoms with Crippen molar-refractivity contribution in [3.8, 4) is 0 Å². The van der Waals surface area contributed by atoms with Crippen LogP contribution in [0.25, 0.3) is 0 Å². The van der Waals surface area contributed by atoms with Gasteiger partial charge in [-0.3, -0.25) is 9.59 Å². The molecule has 2 amide bonds. The van der Waals surface area contributed by atoms with Crippen molar-refractivity contribution >= 4 is 46.9 Å². The van der Waals surface area contributed by atoms with E-state index in [1.165, 1.54) is 11.3 Å². The van der Waals surface area contributed by atoms with Crippen LogP contribution in [-0.4, -0.2) is 24.9 Å². The van der Waals surface area contributed by atoms with Crippen molar-refractivity contribution in [1.29, 1.82) is 0 Å². The van der Waals surface area contributed by atoms with Gasteiger partial charge in [0.05, 0.1) is 4.88 Å². The van der Waals surface area contributed by atoms with Crippen molar-refractivity contribution in [2.45, 2.75) is 25.7 Å². The topological polar surface area (TPSA) is 70.2 Å². The van der Waals surface area contributed by atoms with Crippen LogP contribution in [0.4, 0.5) is 11.4 Å². The summed E-state index contributed by atoms with van der Waals surface area (Å²) < 4.78 is 0. The Morgan fingerprint density at radius 3 is 2.31 bits per heavy atom. The molecule has 26 heavy (non-hydrogen) atoms. The first-order valence-corrected chi connectivity index (χ1v) is 9.54. The van der Waals surface area contributed by atoms with Gasteiger partial charge >= 0.3 is 0 Å². The van der Waals surface area contributed by atoms with Crippen LogP contribution in [0.2, 0.25) is 0 Å². The molecule has 1 aliphatic rings. The number of halogens is 1. The molecule has 1 fully saturated rings. The monoisotopic (exact) mass is 393 g/mol. The number of thiophene rings is 1. The molecule has 140 valence electrons. The second kappa shape index (κ2) is 10.3. The van der Waals surface area contributed by atoms with Gasteiger partial charge in [-0.15, -0.1) is 23.7 Å². The Bertz CT molecular complexity index is 698. The van der Waals surface area contributed by atoms with E-state index in [1.54, 1.807) is 18.2 Å². The van der Waals surface area contributed by atoms with Crippen LogP contribution in [0.1, 0.15) is 35.4 Å². The standard InChI is InChI=1S/C19H23N3O2S.ClH/c23-18(8-3-14-9-11-20-12-10-14)21-15-4-6-16(7-5-15)22-19(24)17-2-1-13-25-17;/h1-2,4-7,13-14,20H,3,8-12H2,(H,21,23)(H,22,24);1H.